The van der Waals surface area contributed by atoms with Crippen LogP contribution in [0.3, 0.4) is 0 Å². The predicted octanol–water partition coefficient (Wildman–Crippen LogP) is 5.04. The van der Waals surface area contributed by atoms with E-state index in [0.717, 1.165) is 42.6 Å². The van der Waals surface area contributed by atoms with Crippen LogP contribution in [0.5, 0.6) is 0 Å². The topological polar surface area (TPSA) is 61.6 Å². The number of hydrogen-bond acceptors (Lipinski definition) is 3. The van der Waals surface area contributed by atoms with E-state index in [9.17, 15) is 4.79 Å². The number of carbonyl (C=O) groups is 1. The Morgan fingerprint density at radius 3 is 2.38 bits per heavy atom. The van der Waals surface area contributed by atoms with E-state index in [1.54, 1.807) is 0 Å². The highest BCUT2D eigenvalue weighted by atomic mass is 35.5. The molecule has 5 nitrogen and oxygen atoms in total. The van der Waals surface area contributed by atoms with Gasteiger partial charge in [-0.1, -0.05) is 47.5 Å². The molecule has 1 aliphatic rings. The van der Waals surface area contributed by atoms with E-state index in [1.807, 2.05) is 55.3 Å². The Morgan fingerprint density at radius 1 is 1.14 bits per heavy atom. The van der Waals surface area contributed by atoms with Crippen molar-refractivity contribution in [1.82, 2.24) is 15.1 Å². The van der Waals surface area contributed by atoms with Crippen molar-refractivity contribution in [2.45, 2.75) is 31.8 Å². The van der Waals surface area contributed by atoms with Gasteiger partial charge in [0, 0.05) is 24.3 Å². The first-order valence-corrected chi connectivity index (χ1v) is 10.6. The first-order valence-electron chi connectivity index (χ1n) is 9.83. The zero-order valence-corrected chi connectivity index (χ0v) is 18.6. The molecule has 0 aliphatic carbocycles. The maximum absolute atomic E-state index is 12.7. The molecule has 29 heavy (non-hydrogen) atoms. The maximum atomic E-state index is 12.7. The highest BCUT2D eigenvalue weighted by Crippen LogP contribution is 2.38. The van der Waals surface area contributed by atoms with Gasteiger partial charge in [0.2, 0.25) is 0 Å². The van der Waals surface area contributed by atoms with Crippen molar-refractivity contribution in [3.63, 3.8) is 0 Å². The normalized spacial score (nSPS) is 16.4. The van der Waals surface area contributed by atoms with E-state index in [0.29, 0.717) is 15.7 Å². The Labute approximate surface area is 182 Å². The molecule has 156 valence electrons. The van der Waals surface area contributed by atoms with Crippen LogP contribution in [0.25, 0.3) is 11.1 Å². The van der Waals surface area contributed by atoms with Gasteiger partial charge >= 0.3 is 6.03 Å². The molecule has 2 amide bonds. The monoisotopic (exact) mass is 434 g/mol. The van der Waals surface area contributed by atoms with Crippen molar-refractivity contribution in [2.24, 2.45) is 0 Å². The molecule has 3 rings (SSSR count). The maximum Gasteiger partial charge on any atom is 0.317 e. The summed E-state index contributed by atoms with van der Waals surface area (Å²) < 4.78 is 0. The summed E-state index contributed by atoms with van der Waals surface area (Å²) in [7, 11) is 3.97. The van der Waals surface area contributed by atoms with Crippen molar-refractivity contribution in [1.29, 1.82) is 0 Å². The third-order valence-electron chi connectivity index (χ3n) is 5.70. The molecule has 2 aromatic carbocycles. The fourth-order valence-electron chi connectivity index (χ4n) is 3.70. The fourth-order valence-corrected chi connectivity index (χ4v) is 4.31. The number of rotatable bonds is 4. The van der Waals surface area contributed by atoms with Gasteiger partial charge < -0.3 is 20.9 Å². The van der Waals surface area contributed by atoms with Gasteiger partial charge in [-0.05, 0) is 63.2 Å². The Hall–Kier alpha value is -1.95. The lowest BCUT2D eigenvalue weighted by atomic mass is 10.0. The van der Waals surface area contributed by atoms with E-state index in [2.05, 4.69) is 17.3 Å². The molecule has 2 aromatic rings. The van der Waals surface area contributed by atoms with Gasteiger partial charge in [0.15, 0.2) is 0 Å². The van der Waals surface area contributed by atoms with Gasteiger partial charge in [-0.3, -0.25) is 0 Å². The number of piperidine rings is 1. The molecule has 1 unspecified atom stereocenters. The van der Waals surface area contributed by atoms with Crippen molar-refractivity contribution in [3.8, 4) is 11.1 Å². The molecular weight excluding hydrogens is 407 g/mol. The fraction of sp³-hybridized carbons (Fsp3) is 0.409. The van der Waals surface area contributed by atoms with Crippen molar-refractivity contribution in [3.05, 3.63) is 52.0 Å². The predicted molar refractivity (Wildman–Crippen MR) is 122 cm³/mol. The molecule has 7 heteroatoms. The van der Waals surface area contributed by atoms with Crippen LogP contribution >= 0.6 is 23.2 Å². The molecule has 0 saturated carbocycles. The van der Waals surface area contributed by atoms with E-state index in [-0.39, 0.29) is 18.1 Å². The average molecular weight is 435 g/mol. The Morgan fingerprint density at radius 2 is 1.76 bits per heavy atom. The van der Waals surface area contributed by atoms with Crippen LogP contribution in [0.2, 0.25) is 10.0 Å². The van der Waals surface area contributed by atoms with Crippen molar-refractivity contribution < 1.29 is 4.79 Å². The summed E-state index contributed by atoms with van der Waals surface area (Å²) >= 11 is 13.1. The minimum absolute atomic E-state index is 0.0955. The second-order valence-electron chi connectivity index (χ2n) is 7.77. The van der Waals surface area contributed by atoms with Gasteiger partial charge in [0.25, 0.3) is 0 Å². The van der Waals surface area contributed by atoms with E-state index >= 15 is 0 Å². The summed E-state index contributed by atoms with van der Waals surface area (Å²) in [5.74, 6) is 0. The van der Waals surface area contributed by atoms with E-state index in [4.69, 9.17) is 28.9 Å². The summed E-state index contributed by atoms with van der Waals surface area (Å²) in [5, 5.41) is 3.98. The first-order chi connectivity index (χ1) is 13.8. The van der Waals surface area contributed by atoms with Crippen molar-refractivity contribution >= 4 is 34.9 Å². The molecule has 0 spiro atoms. The van der Waals surface area contributed by atoms with Gasteiger partial charge in [0.1, 0.15) is 0 Å². The number of nitrogens with zero attached hydrogens (tertiary/aromatic N) is 2. The number of nitrogens with one attached hydrogen (secondary N) is 1. The smallest absolute Gasteiger partial charge is 0.317 e. The minimum Gasteiger partial charge on any atom is -0.399 e. The van der Waals surface area contributed by atoms with Gasteiger partial charge in [-0.15, -0.1) is 0 Å². The molecule has 1 saturated heterocycles. The third kappa shape index (κ3) is 4.97. The zero-order valence-electron chi connectivity index (χ0n) is 17.1. The summed E-state index contributed by atoms with van der Waals surface area (Å²) in [6.45, 7) is 3.93. The number of nitrogen functional groups attached to an aromatic ring is 1. The standard InChI is InChI=1S/C22H28Cl2N4O/c1-14(26-22(29)28(3)17-10-12-27(2)13-11-17)18-8-9-19(21(24)20(18)23)15-4-6-16(25)7-5-15/h4-9,14,17H,10-13,25H2,1-3H3,(H,26,29). The van der Waals surface area contributed by atoms with Crippen LogP contribution < -0.4 is 11.1 Å². The average Bonchev–Trinajstić information content (AvgIpc) is 2.70. The van der Waals surface area contributed by atoms with E-state index < -0.39 is 0 Å². The number of halogens is 2. The van der Waals surface area contributed by atoms with Crippen LogP contribution in [-0.2, 0) is 0 Å². The number of benzene rings is 2. The second-order valence-corrected chi connectivity index (χ2v) is 8.52. The van der Waals surface area contributed by atoms with Crippen LogP contribution in [0.1, 0.15) is 31.4 Å². The molecular formula is C22H28Cl2N4O. The van der Waals surface area contributed by atoms with Crippen LogP contribution in [0.15, 0.2) is 36.4 Å². The number of likely N-dealkylation sites (tertiary alicyclic amines) is 1. The van der Waals surface area contributed by atoms with Crippen LogP contribution in [-0.4, -0.2) is 49.1 Å². The second kappa shape index (κ2) is 9.24. The highest BCUT2D eigenvalue weighted by molar-refractivity contribution is 6.44. The summed E-state index contributed by atoms with van der Waals surface area (Å²) in [4.78, 5) is 16.8. The van der Waals surface area contributed by atoms with Gasteiger partial charge in [-0.2, -0.15) is 0 Å². The SMILES string of the molecule is CC(NC(=O)N(C)C1CCN(C)CC1)c1ccc(-c2ccc(N)cc2)c(Cl)c1Cl. The minimum atomic E-state index is -0.262. The third-order valence-corrected chi connectivity index (χ3v) is 6.59. The quantitative estimate of drug-likeness (QED) is 0.662. The largest absolute Gasteiger partial charge is 0.399 e. The summed E-state index contributed by atoms with van der Waals surface area (Å²) in [6, 6.07) is 11.2. The number of carbonyl (C=O) groups excluding carboxylic acids is 1. The van der Waals surface area contributed by atoms with Crippen molar-refractivity contribution in [2.75, 3.05) is 32.9 Å². The Kier molecular flexibility index (Phi) is 6.93. The molecule has 0 radical (unpaired) electrons. The number of amides is 2. The Balaban J connectivity index is 1.72. The number of anilines is 1. The molecule has 3 N–H and O–H groups in total. The lowest BCUT2D eigenvalue weighted by Gasteiger charge is -2.35. The molecule has 1 heterocycles. The molecule has 0 aromatic heterocycles. The van der Waals surface area contributed by atoms with Crippen LogP contribution in [0.4, 0.5) is 10.5 Å². The first kappa shape index (κ1) is 21.8. The highest BCUT2D eigenvalue weighted by Gasteiger charge is 2.25. The van der Waals surface area contributed by atoms with Gasteiger partial charge in [-0.25, -0.2) is 4.79 Å². The molecule has 1 fully saturated rings. The number of urea groups is 1. The zero-order chi connectivity index (χ0) is 21.1. The summed E-state index contributed by atoms with van der Waals surface area (Å²) in [5.41, 5.74) is 9.02. The molecule has 1 atom stereocenters. The Bertz CT molecular complexity index is 864. The van der Waals surface area contributed by atoms with Crippen LogP contribution in [0, 0.1) is 0 Å². The number of nitrogens with two attached hydrogens (primary N) is 1. The van der Waals surface area contributed by atoms with E-state index in [1.165, 1.54) is 0 Å². The number of hydrogen-bond donors (Lipinski definition) is 2. The molecule has 0 bridgehead atoms. The summed E-state index contributed by atoms with van der Waals surface area (Å²) in [6.07, 6.45) is 1.97. The lowest BCUT2D eigenvalue weighted by Crippen LogP contribution is -2.48. The molecule has 1 aliphatic heterocycles. The lowest BCUT2D eigenvalue weighted by molar-refractivity contribution is 0.146. The van der Waals surface area contributed by atoms with Gasteiger partial charge in [0.05, 0.1) is 16.1 Å².